The van der Waals surface area contributed by atoms with Crippen molar-refractivity contribution in [2.24, 2.45) is 0 Å². The molecule has 2 aromatic heterocycles. The number of rotatable bonds is 5. The van der Waals surface area contributed by atoms with Gasteiger partial charge >= 0.3 is 6.18 Å². The number of nitrogens with two attached hydrogens (primary N) is 1. The van der Waals surface area contributed by atoms with Crippen LogP contribution in [-0.4, -0.2) is 22.9 Å². The lowest BCUT2D eigenvalue weighted by molar-refractivity contribution is -0.177. The van der Waals surface area contributed by atoms with Gasteiger partial charge in [-0.15, -0.1) is 11.3 Å². The Bertz CT molecular complexity index is 580. The Kier molecular flexibility index (Phi) is 4.29. The van der Waals surface area contributed by atoms with Crippen LogP contribution in [0.4, 0.5) is 18.2 Å². The number of hydrogen-bond acceptors (Lipinski definition) is 6. The van der Waals surface area contributed by atoms with E-state index in [1.54, 1.807) is 0 Å². The van der Waals surface area contributed by atoms with Gasteiger partial charge in [0.05, 0.1) is 10.6 Å². The largest absolute Gasteiger partial charge is 0.411 e. The summed E-state index contributed by atoms with van der Waals surface area (Å²) in [5.74, 6) is 0.233. The SMILES string of the molecule is CCc1cc(-c2nc(COCC(F)(F)F)no2)c(N)s1. The lowest BCUT2D eigenvalue weighted by atomic mass is 10.2. The summed E-state index contributed by atoms with van der Waals surface area (Å²) in [4.78, 5) is 5.03. The number of halogens is 3. The van der Waals surface area contributed by atoms with E-state index in [1.165, 1.54) is 11.3 Å². The number of aromatic nitrogens is 2. The Labute approximate surface area is 116 Å². The summed E-state index contributed by atoms with van der Waals surface area (Å²) in [7, 11) is 0. The highest BCUT2D eigenvalue weighted by atomic mass is 32.1. The van der Waals surface area contributed by atoms with E-state index < -0.39 is 12.8 Å². The molecular formula is C11H12F3N3O2S. The van der Waals surface area contributed by atoms with Gasteiger partial charge in [0.1, 0.15) is 13.2 Å². The topological polar surface area (TPSA) is 74.2 Å². The minimum absolute atomic E-state index is 0.0490. The molecule has 9 heteroatoms. The van der Waals surface area contributed by atoms with Crippen molar-refractivity contribution in [3.05, 3.63) is 16.8 Å². The van der Waals surface area contributed by atoms with Crippen molar-refractivity contribution < 1.29 is 22.4 Å². The Morgan fingerprint density at radius 2 is 2.20 bits per heavy atom. The second-order valence-corrected chi connectivity index (χ2v) is 5.14. The number of alkyl halides is 3. The molecule has 0 amide bonds. The molecule has 2 N–H and O–H groups in total. The van der Waals surface area contributed by atoms with E-state index in [4.69, 9.17) is 10.3 Å². The summed E-state index contributed by atoms with van der Waals surface area (Å²) in [6, 6.07) is 1.83. The van der Waals surface area contributed by atoms with Gasteiger partial charge in [0.25, 0.3) is 5.89 Å². The lowest BCUT2D eigenvalue weighted by Gasteiger charge is -2.04. The van der Waals surface area contributed by atoms with Crippen LogP contribution in [0.3, 0.4) is 0 Å². The second-order valence-electron chi connectivity index (χ2n) is 3.97. The zero-order valence-electron chi connectivity index (χ0n) is 10.5. The number of nitrogens with zero attached hydrogens (tertiary/aromatic N) is 2. The number of nitrogen functional groups attached to an aromatic ring is 1. The van der Waals surface area contributed by atoms with E-state index in [-0.39, 0.29) is 18.3 Å². The first kappa shape index (κ1) is 14.8. The van der Waals surface area contributed by atoms with Crippen molar-refractivity contribution in [1.82, 2.24) is 10.1 Å². The highest BCUT2D eigenvalue weighted by Gasteiger charge is 2.27. The van der Waals surface area contributed by atoms with Crippen LogP contribution in [0.5, 0.6) is 0 Å². The fourth-order valence-electron chi connectivity index (χ4n) is 1.48. The molecule has 110 valence electrons. The van der Waals surface area contributed by atoms with E-state index >= 15 is 0 Å². The van der Waals surface area contributed by atoms with Crippen LogP contribution in [0, 0.1) is 0 Å². The summed E-state index contributed by atoms with van der Waals surface area (Å²) in [6.07, 6.45) is -3.55. The zero-order chi connectivity index (χ0) is 14.8. The summed E-state index contributed by atoms with van der Waals surface area (Å²) in [5.41, 5.74) is 6.42. The Balaban J connectivity index is 2.03. The van der Waals surface area contributed by atoms with Crippen molar-refractivity contribution in [3.63, 3.8) is 0 Å². The fourth-order valence-corrected chi connectivity index (χ4v) is 2.34. The van der Waals surface area contributed by atoms with E-state index in [0.717, 1.165) is 11.3 Å². The molecule has 0 aliphatic rings. The van der Waals surface area contributed by atoms with Gasteiger partial charge in [0, 0.05) is 4.88 Å². The molecule has 2 rings (SSSR count). The predicted molar refractivity (Wildman–Crippen MR) is 67.1 cm³/mol. The molecule has 0 spiro atoms. The number of ether oxygens (including phenoxy) is 1. The molecule has 0 saturated heterocycles. The molecule has 0 unspecified atom stereocenters. The molecule has 0 aliphatic heterocycles. The van der Waals surface area contributed by atoms with E-state index in [0.29, 0.717) is 10.6 Å². The molecule has 0 bridgehead atoms. The third-order valence-corrected chi connectivity index (χ3v) is 3.46. The third kappa shape index (κ3) is 3.70. The van der Waals surface area contributed by atoms with Crippen molar-refractivity contribution in [2.75, 3.05) is 12.3 Å². The predicted octanol–water partition coefficient (Wildman–Crippen LogP) is 3.02. The van der Waals surface area contributed by atoms with Crippen LogP contribution in [0.2, 0.25) is 0 Å². The van der Waals surface area contributed by atoms with Gasteiger partial charge in [-0.25, -0.2) is 0 Å². The molecule has 0 radical (unpaired) electrons. The number of hydrogen-bond donors (Lipinski definition) is 1. The van der Waals surface area contributed by atoms with Gasteiger partial charge in [-0.2, -0.15) is 18.2 Å². The summed E-state index contributed by atoms with van der Waals surface area (Å²) >= 11 is 1.41. The Morgan fingerprint density at radius 1 is 1.45 bits per heavy atom. The molecule has 0 saturated carbocycles. The normalized spacial score (nSPS) is 12.0. The van der Waals surface area contributed by atoms with Crippen LogP contribution in [0.25, 0.3) is 11.5 Å². The van der Waals surface area contributed by atoms with Gasteiger partial charge in [-0.05, 0) is 12.5 Å². The summed E-state index contributed by atoms with van der Waals surface area (Å²) in [6.45, 7) is 0.268. The highest BCUT2D eigenvalue weighted by Crippen LogP contribution is 2.33. The van der Waals surface area contributed by atoms with Crippen LogP contribution in [-0.2, 0) is 17.8 Å². The molecule has 2 heterocycles. The van der Waals surface area contributed by atoms with E-state index in [9.17, 15) is 13.2 Å². The lowest BCUT2D eigenvalue weighted by Crippen LogP contribution is -2.16. The number of anilines is 1. The molecule has 0 fully saturated rings. The van der Waals surface area contributed by atoms with Gasteiger partial charge in [-0.1, -0.05) is 12.1 Å². The van der Waals surface area contributed by atoms with Gasteiger partial charge < -0.3 is 15.0 Å². The molecule has 5 nitrogen and oxygen atoms in total. The van der Waals surface area contributed by atoms with Crippen LogP contribution < -0.4 is 5.73 Å². The number of aryl methyl sites for hydroxylation is 1. The van der Waals surface area contributed by atoms with Crippen molar-refractivity contribution in [3.8, 4) is 11.5 Å². The minimum atomic E-state index is -4.37. The monoisotopic (exact) mass is 307 g/mol. The van der Waals surface area contributed by atoms with E-state index in [2.05, 4.69) is 14.9 Å². The van der Waals surface area contributed by atoms with Gasteiger partial charge in [0.15, 0.2) is 5.82 Å². The minimum Gasteiger partial charge on any atom is -0.390 e. The number of thiophene rings is 1. The molecule has 0 aliphatic carbocycles. The quantitative estimate of drug-likeness (QED) is 0.919. The van der Waals surface area contributed by atoms with Crippen molar-refractivity contribution in [1.29, 1.82) is 0 Å². The van der Waals surface area contributed by atoms with Crippen molar-refractivity contribution in [2.45, 2.75) is 26.1 Å². The van der Waals surface area contributed by atoms with Crippen LogP contribution >= 0.6 is 11.3 Å². The average molecular weight is 307 g/mol. The average Bonchev–Trinajstić information content (AvgIpc) is 2.94. The van der Waals surface area contributed by atoms with Crippen molar-refractivity contribution >= 4 is 16.3 Å². The molecular weight excluding hydrogens is 295 g/mol. The molecule has 0 atom stereocenters. The summed E-state index contributed by atoms with van der Waals surface area (Å²) < 4.78 is 45.2. The van der Waals surface area contributed by atoms with E-state index in [1.807, 2.05) is 13.0 Å². The smallest absolute Gasteiger partial charge is 0.390 e. The fraction of sp³-hybridized carbons (Fsp3) is 0.455. The van der Waals surface area contributed by atoms with Gasteiger partial charge in [-0.3, -0.25) is 0 Å². The second kappa shape index (κ2) is 5.80. The maximum absolute atomic E-state index is 11.9. The maximum atomic E-state index is 11.9. The first-order valence-corrected chi connectivity index (χ1v) is 6.56. The third-order valence-electron chi connectivity index (χ3n) is 2.36. The summed E-state index contributed by atoms with van der Waals surface area (Å²) in [5, 5.41) is 4.09. The first-order chi connectivity index (χ1) is 9.39. The van der Waals surface area contributed by atoms with Gasteiger partial charge in [0.2, 0.25) is 0 Å². The first-order valence-electron chi connectivity index (χ1n) is 5.74. The Hall–Kier alpha value is -1.61. The maximum Gasteiger partial charge on any atom is 0.411 e. The van der Waals surface area contributed by atoms with Crippen LogP contribution in [0.1, 0.15) is 17.6 Å². The molecule has 0 aromatic carbocycles. The highest BCUT2D eigenvalue weighted by molar-refractivity contribution is 7.16. The molecule has 20 heavy (non-hydrogen) atoms. The van der Waals surface area contributed by atoms with Crippen LogP contribution in [0.15, 0.2) is 10.6 Å². The molecule has 2 aromatic rings. The standard InChI is InChI=1S/C11H12F3N3O2S/c1-2-6-3-7(9(15)20-6)10-16-8(17-19-10)4-18-5-11(12,13)14/h3H,2,4-5,15H2,1H3. The Morgan fingerprint density at radius 3 is 2.80 bits per heavy atom. The zero-order valence-corrected chi connectivity index (χ0v) is 11.3.